The number of nitrogens with zero attached hydrogens (tertiary/aromatic N) is 1. The average molecular weight is 720 g/mol. The maximum Gasteiger partial charge on any atom is 0.325 e. The number of rotatable bonds is 33. The van der Waals surface area contributed by atoms with E-state index in [1.807, 2.05) is 41.5 Å². The van der Waals surface area contributed by atoms with Gasteiger partial charge in [-0.3, -0.25) is 14.4 Å². The minimum atomic E-state index is -1.12. The summed E-state index contributed by atoms with van der Waals surface area (Å²) in [6, 6.07) is 0. The van der Waals surface area contributed by atoms with Gasteiger partial charge in [-0.2, -0.15) is 0 Å². The van der Waals surface area contributed by atoms with Crippen LogP contribution in [0.4, 0.5) is 0 Å². The van der Waals surface area contributed by atoms with Crippen LogP contribution in [0.5, 0.6) is 0 Å². The van der Waals surface area contributed by atoms with Gasteiger partial charge in [0.25, 0.3) is 0 Å². The molecular formula is C38H74NO9P. The smallest absolute Gasteiger partial charge is 0.325 e. The summed E-state index contributed by atoms with van der Waals surface area (Å²) in [6.45, 7) is 22.4. The molecule has 290 valence electrons. The number of unbranched alkanes of at least 4 members (excludes halogenated alkanes) is 6. The van der Waals surface area contributed by atoms with Gasteiger partial charge in [-0.25, -0.2) is 0 Å². The van der Waals surface area contributed by atoms with Crippen molar-refractivity contribution in [2.24, 2.45) is 0 Å². The summed E-state index contributed by atoms with van der Waals surface area (Å²) in [5.41, 5.74) is -3.20. The van der Waals surface area contributed by atoms with Crippen molar-refractivity contribution in [3.63, 3.8) is 0 Å². The molecule has 0 aliphatic rings. The van der Waals surface area contributed by atoms with Gasteiger partial charge in [-0.1, -0.05) is 26.2 Å². The van der Waals surface area contributed by atoms with Gasteiger partial charge in [0.15, 0.2) is 11.6 Å². The number of carbonyl (C=O) groups excluding carboxylic acids is 3. The number of ketones is 2. The SMILES string of the molecule is CCOCCCCCC(=O)C(C)(C)OC(CC)(COC(C)(C)C(=O)CCCCCOC(C)C)CN(CC)OC(=O)CCCCCOC(C)P. The highest BCUT2D eigenvalue weighted by atomic mass is 31.0. The molecule has 49 heavy (non-hydrogen) atoms. The second-order valence-corrected chi connectivity index (χ2v) is 15.3. The molecule has 0 radical (unpaired) electrons. The fourth-order valence-electron chi connectivity index (χ4n) is 5.22. The van der Waals surface area contributed by atoms with Crippen LogP contribution in [0.25, 0.3) is 0 Å². The van der Waals surface area contributed by atoms with Crippen LogP contribution in [0, 0.1) is 0 Å². The van der Waals surface area contributed by atoms with Crippen molar-refractivity contribution in [2.45, 2.75) is 181 Å². The Bertz CT molecular complexity index is 896. The second kappa shape index (κ2) is 26.7. The summed E-state index contributed by atoms with van der Waals surface area (Å²) in [5.74, 6) is -0.188. The molecule has 11 heteroatoms. The van der Waals surface area contributed by atoms with E-state index in [1.165, 1.54) is 0 Å². The van der Waals surface area contributed by atoms with Crippen LogP contribution >= 0.6 is 9.24 Å². The van der Waals surface area contributed by atoms with Gasteiger partial charge in [0.05, 0.1) is 25.1 Å². The first-order chi connectivity index (χ1) is 23.0. The van der Waals surface area contributed by atoms with Gasteiger partial charge in [0.2, 0.25) is 0 Å². The molecule has 0 saturated heterocycles. The Morgan fingerprint density at radius 2 is 1.22 bits per heavy atom. The van der Waals surface area contributed by atoms with Crippen molar-refractivity contribution in [1.29, 1.82) is 0 Å². The number of carbonyl (C=O) groups is 3. The molecule has 0 rings (SSSR count). The predicted octanol–water partition coefficient (Wildman–Crippen LogP) is 8.02. The fourth-order valence-corrected chi connectivity index (χ4v) is 5.35. The summed E-state index contributed by atoms with van der Waals surface area (Å²) in [7, 11) is 2.61. The summed E-state index contributed by atoms with van der Waals surface area (Å²) < 4.78 is 29.7. The highest BCUT2D eigenvalue weighted by molar-refractivity contribution is 7.17. The lowest BCUT2D eigenvalue weighted by Crippen LogP contribution is -2.56. The third-order valence-corrected chi connectivity index (χ3v) is 8.70. The number of hydrogen-bond acceptors (Lipinski definition) is 10. The molecule has 0 aromatic heterocycles. The van der Waals surface area contributed by atoms with Crippen LogP contribution in [-0.2, 0) is 42.9 Å². The Kier molecular flexibility index (Phi) is 26.2. The molecule has 0 aliphatic carbocycles. The van der Waals surface area contributed by atoms with E-state index in [0.717, 1.165) is 51.4 Å². The first kappa shape index (κ1) is 48.0. The number of hydroxylamine groups is 2. The fraction of sp³-hybridized carbons (Fsp3) is 0.921. The van der Waals surface area contributed by atoms with Gasteiger partial charge in [0.1, 0.15) is 16.8 Å². The molecule has 0 amide bonds. The Morgan fingerprint density at radius 1 is 0.694 bits per heavy atom. The zero-order valence-electron chi connectivity index (χ0n) is 33.0. The van der Waals surface area contributed by atoms with Gasteiger partial charge >= 0.3 is 5.97 Å². The molecular weight excluding hydrogens is 645 g/mol. The molecule has 0 aliphatic heterocycles. The third-order valence-electron chi connectivity index (χ3n) is 8.51. The van der Waals surface area contributed by atoms with Crippen molar-refractivity contribution in [1.82, 2.24) is 5.06 Å². The summed E-state index contributed by atoms with van der Waals surface area (Å²) in [4.78, 5) is 45.4. The number of Topliss-reactive ketones (excluding diaryl/α,β-unsaturated/α-hetero) is 2. The summed E-state index contributed by atoms with van der Waals surface area (Å²) in [5, 5.41) is 1.59. The minimum absolute atomic E-state index is 0.00130. The molecule has 0 fully saturated rings. The molecule has 0 aromatic carbocycles. The molecule has 10 nitrogen and oxygen atoms in total. The van der Waals surface area contributed by atoms with Crippen LogP contribution in [-0.4, -0.2) is 97.5 Å². The van der Waals surface area contributed by atoms with E-state index in [4.69, 9.17) is 28.5 Å². The topological polar surface area (TPSA) is 110 Å². The molecule has 0 N–H and O–H groups in total. The Morgan fingerprint density at radius 3 is 1.73 bits per heavy atom. The standard InChI is InChI=1S/C38H74NO9P/c1-11-38(48-37(9,10)34(41)24-17-14-20-26-43-13-3,29-39(12-2)47-35(42)25-19-16-22-28-45-32(6)49)30-46-36(7,8)33(40)23-18-15-21-27-44-31(4)5/h31-32H,11-30,49H2,1-10H3. The van der Waals surface area contributed by atoms with Crippen LogP contribution < -0.4 is 0 Å². The quantitative estimate of drug-likeness (QED) is 0.0376. The van der Waals surface area contributed by atoms with Crippen LogP contribution in [0.3, 0.4) is 0 Å². The van der Waals surface area contributed by atoms with Gasteiger partial charge in [-0.05, 0) is 107 Å². The summed E-state index contributed by atoms with van der Waals surface area (Å²) >= 11 is 0. The zero-order valence-corrected chi connectivity index (χ0v) is 34.2. The highest BCUT2D eigenvalue weighted by Crippen LogP contribution is 2.30. The van der Waals surface area contributed by atoms with E-state index in [9.17, 15) is 14.4 Å². The van der Waals surface area contributed by atoms with E-state index < -0.39 is 16.8 Å². The monoisotopic (exact) mass is 720 g/mol. The van der Waals surface area contributed by atoms with Crippen molar-refractivity contribution < 1.29 is 42.9 Å². The number of ether oxygens (including phenoxy) is 5. The molecule has 0 bridgehead atoms. The lowest BCUT2D eigenvalue weighted by molar-refractivity contribution is -0.236. The lowest BCUT2D eigenvalue weighted by Gasteiger charge is -2.43. The average Bonchev–Trinajstić information content (AvgIpc) is 3.03. The van der Waals surface area contributed by atoms with E-state index in [0.29, 0.717) is 65.1 Å². The van der Waals surface area contributed by atoms with Gasteiger partial charge < -0.3 is 28.5 Å². The molecule has 0 aromatic rings. The van der Waals surface area contributed by atoms with Crippen molar-refractivity contribution >= 4 is 26.8 Å². The zero-order chi connectivity index (χ0) is 37.3. The van der Waals surface area contributed by atoms with Crippen LogP contribution in [0.1, 0.15) is 153 Å². The first-order valence-electron chi connectivity index (χ1n) is 19.0. The molecule has 3 atom stereocenters. The molecule has 0 saturated carbocycles. The first-order valence-corrected chi connectivity index (χ1v) is 19.6. The van der Waals surface area contributed by atoms with Crippen molar-refractivity contribution in [2.75, 3.05) is 46.1 Å². The largest absolute Gasteiger partial charge is 0.382 e. The molecule has 0 heterocycles. The Hall–Kier alpha value is -1.00. The Balaban J connectivity index is 5.63. The van der Waals surface area contributed by atoms with Crippen molar-refractivity contribution in [3.8, 4) is 0 Å². The van der Waals surface area contributed by atoms with Gasteiger partial charge in [0, 0.05) is 52.2 Å². The summed E-state index contributed by atoms with van der Waals surface area (Å²) in [6.07, 6.45) is 9.34. The second-order valence-electron chi connectivity index (χ2n) is 14.3. The minimum Gasteiger partial charge on any atom is -0.382 e. The van der Waals surface area contributed by atoms with Crippen LogP contribution in [0.15, 0.2) is 0 Å². The van der Waals surface area contributed by atoms with Crippen LogP contribution in [0.2, 0.25) is 0 Å². The Labute approximate surface area is 301 Å². The van der Waals surface area contributed by atoms with E-state index in [-0.39, 0.29) is 42.6 Å². The maximum absolute atomic E-state index is 13.5. The maximum atomic E-state index is 13.5. The van der Waals surface area contributed by atoms with E-state index >= 15 is 0 Å². The lowest BCUT2D eigenvalue weighted by atomic mass is 9.93. The van der Waals surface area contributed by atoms with Gasteiger partial charge in [-0.15, -0.1) is 14.3 Å². The normalized spacial score (nSPS) is 14.3. The molecule has 0 spiro atoms. The third kappa shape index (κ3) is 23.2. The molecule has 3 unspecified atom stereocenters. The number of likely N-dealkylation sites (N-methyl/N-ethyl adjacent to an activating group) is 1. The predicted molar refractivity (Wildman–Crippen MR) is 200 cm³/mol. The van der Waals surface area contributed by atoms with E-state index in [2.05, 4.69) is 9.24 Å². The van der Waals surface area contributed by atoms with E-state index in [1.54, 1.807) is 32.8 Å². The highest BCUT2D eigenvalue weighted by Gasteiger charge is 2.43. The number of hydrogen-bond donors (Lipinski definition) is 0. The van der Waals surface area contributed by atoms with Crippen molar-refractivity contribution in [3.05, 3.63) is 0 Å².